The molecule has 2 heterocycles. The SMILES string of the molecule is CCN(CC1CCCCN1)C(=O)c1ccc(C)s1. The summed E-state index contributed by atoms with van der Waals surface area (Å²) in [5.74, 6) is 0.183. The van der Waals surface area contributed by atoms with Crippen molar-refractivity contribution < 1.29 is 4.79 Å². The average Bonchev–Trinajstić information content (AvgIpc) is 2.83. The molecule has 0 aliphatic carbocycles. The maximum Gasteiger partial charge on any atom is 0.263 e. The highest BCUT2D eigenvalue weighted by atomic mass is 32.1. The molecule has 1 N–H and O–H groups in total. The van der Waals surface area contributed by atoms with Crippen LogP contribution < -0.4 is 5.32 Å². The summed E-state index contributed by atoms with van der Waals surface area (Å²) >= 11 is 1.59. The Morgan fingerprint density at radius 3 is 2.89 bits per heavy atom. The average molecular weight is 266 g/mol. The summed E-state index contributed by atoms with van der Waals surface area (Å²) in [6.07, 6.45) is 3.73. The molecule has 0 radical (unpaired) electrons. The molecule has 1 aliphatic heterocycles. The number of piperidine rings is 1. The van der Waals surface area contributed by atoms with Crippen LogP contribution in [0.1, 0.15) is 40.7 Å². The molecule has 0 aromatic carbocycles. The number of hydrogen-bond acceptors (Lipinski definition) is 3. The summed E-state index contributed by atoms with van der Waals surface area (Å²) in [4.78, 5) is 16.4. The van der Waals surface area contributed by atoms with E-state index in [1.807, 2.05) is 24.0 Å². The van der Waals surface area contributed by atoms with Crippen LogP contribution in [0, 0.1) is 6.92 Å². The number of hydrogen-bond donors (Lipinski definition) is 1. The van der Waals surface area contributed by atoms with Gasteiger partial charge in [0.25, 0.3) is 5.91 Å². The molecule has 2 rings (SSSR count). The Kier molecular flexibility index (Phi) is 4.78. The summed E-state index contributed by atoms with van der Waals surface area (Å²) in [5.41, 5.74) is 0. The molecule has 1 aromatic heterocycles. The summed E-state index contributed by atoms with van der Waals surface area (Å²) in [6.45, 7) is 6.82. The van der Waals surface area contributed by atoms with Gasteiger partial charge in [-0.05, 0) is 45.4 Å². The molecule has 4 heteroatoms. The van der Waals surface area contributed by atoms with Crippen LogP contribution in [0.4, 0.5) is 0 Å². The predicted octanol–water partition coefficient (Wildman–Crippen LogP) is 2.66. The van der Waals surface area contributed by atoms with Gasteiger partial charge in [0.15, 0.2) is 0 Å². The number of likely N-dealkylation sites (N-methyl/N-ethyl adjacent to an activating group) is 1. The second-order valence-corrected chi connectivity index (χ2v) is 6.19. The van der Waals surface area contributed by atoms with E-state index in [0.29, 0.717) is 6.04 Å². The second-order valence-electron chi connectivity index (χ2n) is 4.90. The van der Waals surface area contributed by atoms with Crippen molar-refractivity contribution in [3.8, 4) is 0 Å². The largest absolute Gasteiger partial charge is 0.337 e. The zero-order chi connectivity index (χ0) is 13.0. The van der Waals surface area contributed by atoms with Crippen LogP contribution in [-0.4, -0.2) is 36.5 Å². The number of aryl methyl sites for hydroxylation is 1. The highest BCUT2D eigenvalue weighted by molar-refractivity contribution is 7.13. The zero-order valence-corrected chi connectivity index (χ0v) is 12.1. The third-order valence-electron chi connectivity index (χ3n) is 3.47. The summed E-state index contributed by atoms with van der Waals surface area (Å²) < 4.78 is 0. The lowest BCUT2D eigenvalue weighted by Gasteiger charge is -2.29. The molecule has 1 aromatic rings. The van der Waals surface area contributed by atoms with Crippen molar-refractivity contribution in [1.29, 1.82) is 0 Å². The van der Waals surface area contributed by atoms with Crippen LogP contribution in [0.15, 0.2) is 12.1 Å². The molecule has 0 spiro atoms. The molecule has 1 amide bonds. The van der Waals surface area contributed by atoms with Gasteiger partial charge < -0.3 is 10.2 Å². The van der Waals surface area contributed by atoms with Gasteiger partial charge in [-0.1, -0.05) is 6.42 Å². The Labute approximate surface area is 113 Å². The summed E-state index contributed by atoms with van der Waals surface area (Å²) in [5, 5.41) is 3.50. The first-order valence-corrected chi connectivity index (χ1v) is 7.61. The number of thiophene rings is 1. The molecular weight excluding hydrogens is 244 g/mol. The van der Waals surface area contributed by atoms with Gasteiger partial charge >= 0.3 is 0 Å². The zero-order valence-electron chi connectivity index (χ0n) is 11.2. The minimum absolute atomic E-state index is 0.183. The van der Waals surface area contributed by atoms with Crippen LogP contribution in [0.3, 0.4) is 0 Å². The first kappa shape index (κ1) is 13.6. The smallest absolute Gasteiger partial charge is 0.263 e. The third-order valence-corrected chi connectivity index (χ3v) is 4.46. The first-order chi connectivity index (χ1) is 8.70. The van der Waals surface area contributed by atoms with Gasteiger partial charge in [-0.2, -0.15) is 0 Å². The molecule has 18 heavy (non-hydrogen) atoms. The van der Waals surface area contributed by atoms with Crippen LogP contribution in [0.2, 0.25) is 0 Å². The van der Waals surface area contributed by atoms with Crippen molar-refractivity contribution in [3.63, 3.8) is 0 Å². The topological polar surface area (TPSA) is 32.3 Å². The van der Waals surface area contributed by atoms with E-state index < -0.39 is 0 Å². The summed E-state index contributed by atoms with van der Waals surface area (Å²) in [7, 11) is 0. The minimum atomic E-state index is 0.183. The molecule has 1 saturated heterocycles. The third kappa shape index (κ3) is 3.33. The second kappa shape index (κ2) is 6.34. The van der Waals surface area contributed by atoms with Crippen molar-refractivity contribution in [3.05, 3.63) is 21.9 Å². The van der Waals surface area contributed by atoms with E-state index in [2.05, 4.69) is 12.2 Å². The van der Waals surface area contributed by atoms with E-state index in [4.69, 9.17) is 0 Å². The van der Waals surface area contributed by atoms with Crippen LogP contribution in [-0.2, 0) is 0 Å². The van der Waals surface area contributed by atoms with Crippen molar-refractivity contribution in [2.75, 3.05) is 19.6 Å². The van der Waals surface area contributed by atoms with Crippen LogP contribution in [0.25, 0.3) is 0 Å². The molecule has 1 fully saturated rings. The highest BCUT2D eigenvalue weighted by Gasteiger charge is 2.21. The molecule has 3 nitrogen and oxygen atoms in total. The Hall–Kier alpha value is -0.870. The number of nitrogens with zero attached hydrogens (tertiary/aromatic N) is 1. The van der Waals surface area contributed by atoms with Crippen molar-refractivity contribution in [1.82, 2.24) is 10.2 Å². The van der Waals surface area contributed by atoms with E-state index in [0.717, 1.165) is 24.5 Å². The van der Waals surface area contributed by atoms with Crippen LogP contribution >= 0.6 is 11.3 Å². The number of amides is 1. The fraction of sp³-hybridized carbons (Fsp3) is 0.643. The van der Waals surface area contributed by atoms with E-state index in [-0.39, 0.29) is 5.91 Å². The molecule has 1 unspecified atom stereocenters. The molecule has 0 bridgehead atoms. The van der Waals surface area contributed by atoms with Gasteiger partial charge in [0.05, 0.1) is 4.88 Å². The summed E-state index contributed by atoms with van der Waals surface area (Å²) in [6, 6.07) is 4.44. The predicted molar refractivity (Wildman–Crippen MR) is 76.3 cm³/mol. The number of carbonyl (C=O) groups is 1. The van der Waals surface area contributed by atoms with Crippen LogP contribution in [0.5, 0.6) is 0 Å². The molecular formula is C14H22N2OS. The fourth-order valence-electron chi connectivity index (χ4n) is 2.41. The van der Waals surface area contributed by atoms with Gasteiger partial charge in [0.2, 0.25) is 0 Å². The molecule has 100 valence electrons. The van der Waals surface area contributed by atoms with Crippen molar-refractivity contribution in [2.45, 2.75) is 39.2 Å². The highest BCUT2D eigenvalue weighted by Crippen LogP contribution is 2.18. The Morgan fingerprint density at radius 2 is 2.33 bits per heavy atom. The maximum atomic E-state index is 12.4. The number of rotatable bonds is 4. The van der Waals surface area contributed by atoms with Gasteiger partial charge in [-0.3, -0.25) is 4.79 Å². The quantitative estimate of drug-likeness (QED) is 0.908. The van der Waals surface area contributed by atoms with E-state index in [1.165, 1.54) is 24.1 Å². The first-order valence-electron chi connectivity index (χ1n) is 6.79. The molecule has 0 saturated carbocycles. The van der Waals surface area contributed by atoms with Gasteiger partial charge in [0.1, 0.15) is 0 Å². The number of carbonyl (C=O) groups excluding carboxylic acids is 1. The Balaban J connectivity index is 1.97. The standard InChI is InChI=1S/C14H22N2OS/c1-3-16(10-12-6-4-5-9-15-12)14(17)13-8-7-11(2)18-13/h7-8,12,15H,3-6,9-10H2,1-2H3. The lowest BCUT2D eigenvalue weighted by Crippen LogP contribution is -2.45. The normalized spacial score (nSPS) is 19.8. The van der Waals surface area contributed by atoms with E-state index >= 15 is 0 Å². The fourth-order valence-corrected chi connectivity index (χ4v) is 3.24. The lowest BCUT2D eigenvalue weighted by molar-refractivity contribution is 0.0746. The molecule has 1 aliphatic rings. The lowest BCUT2D eigenvalue weighted by atomic mass is 10.0. The monoisotopic (exact) mass is 266 g/mol. The molecule has 1 atom stereocenters. The maximum absolute atomic E-state index is 12.4. The van der Waals surface area contributed by atoms with Gasteiger partial charge in [-0.15, -0.1) is 11.3 Å². The number of nitrogens with one attached hydrogen (secondary N) is 1. The Bertz CT molecular complexity index is 396. The Morgan fingerprint density at radius 1 is 1.50 bits per heavy atom. The van der Waals surface area contributed by atoms with E-state index in [1.54, 1.807) is 11.3 Å². The van der Waals surface area contributed by atoms with Gasteiger partial charge in [-0.25, -0.2) is 0 Å². The minimum Gasteiger partial charge on any atom is -0.337 e. The van der Waals surface area contributed by atoms with E-state index in [9.17, 15) is 4.79 Å². The van der Waals surface area contributed by atoms with Crippen molar-refractivity contribution >= 4 is 17.2 Å². The van der Waals surface area contributed by atoms with Gasteiger partial charge in [0, 0.05) is 24.0 Å². The van der Waals surface area contributed by atoms with Crippen molar-refractivity contribution in [2.24, 2.45) is 0 Å².